The van der Waals surface area contributed by atoms with Crippen LogP contribution < -0.4 is 10.6 Å². The fraction of sp³-hybridized carbons (Fsp3) is 0.300. The molecule has 1 amide bonds. The van der Waals surface area contributed by atoms with Gasteiger partial charge in [0.15, 0.2) is 0 Å². The lowest BCUT2D eigenvalue weighted by Crippen LogP contribution is -2.29. The van der Waals surface area contributed by atoms with Crippen molar-refractivity contribution in [2.75, 3.05) is 16.9 Å². The molecule has 3 unspecified atom stereocenters. The fourth-order valence-corrected chi connectivity index (χ4v) is 5.55. The van der Waals surface area contributed by atoms with Crippen molar-refractivity contribution < 1.29 is 4.79 Å². The second-order valence-electron chi connectivity index (χ2n) is 10.3. The van der Waals surface area contributed by atoms with Crippen LogP contribution in [0, 0.1) is 5.92 Å². The van der Waals surface area contributed by atoms with Gasteiger partial charge in [0, 0.05) is 27.8 Å². The maximum Gasteiger partial charge on any atom is 0.255 e. The summed E-state index contributed by atoms with van der Waals surface area (Å²) in [5, 5.41) is 6.90. The molecular formula is C30H32N2OS. The van der Waals surface area contributed by atoms with Crippen LogP contribution in [0.2, 0.25) is 0 Å². The van der Waals surface area contributed by atoms with Gasteiger partial charge in [-0.05, 0) is 83.2 Å². The molecule has 3 aromatic rings. The molecule has 0 fully saturated rings. The van der Waals surface area contributed by atoms with Crippen molar-refractivity contribution in [3.8, 4) is 0 Å². The lowest BCUT2D eigenvalue weighted by Gasteiger charge is -2.37. The lowest BCUT2D eigenvalue weighted by atomic mass is 9.77. The summed E-state index contributed by atoms with van der Waals surface area (Å²) in [5.41, 5.74) is 6.55. The number of benzene rings is 3. The van der Waals surface area contributed by atoms with E-state index in [0.717, 1.165) is 17.8 Å². The van der Waals surface area contributed by atoms with Crippen LogP contribution in [0.15, 0.2) is 83.8 Å². The fourth-order valence-electron chi connectivity index (χ4n) is 5.14. The van der Waals surface area contributed by atoms with Crippen molar-refractivity contribution in [1.29, 1.82) is 0 Å². The number of thioether (sulfide) groups is 1. The number of hydrogen-bond donors (Lipinski definition) is 2. The van der Waals surface area contributed by atoms with Gasteiger partial charge >= 0.3 is 0 Å². The molecule has 0 saturated heterocycles. The molecule has 1 aliphatic heterocycles. The molecule has 3 aromatic carbocycles. The molecule has 2 N–H and O–H groups in total. The van der Waals surface area contributed by atoms with E-state index in [1.807, 2.05) is 30.3 Å². The van der Waals surface area contributed by atoms with Crippen molar-refractivity contribution >= 4 is 29.0 Å². The Balaban J connectivity index is 1.37. The zero-order valence-corrected chi connectivity index (χ0v) is 21.1. The van der Waals surface area contributed by atoms with Gasteiger partial charge < -0.3 is 10.6 Å². The Hall–Kier alpha value is -2.98. The Bertz CT molecular complexity index is 1220. The van der Waals surface area contributed by atoms with Crippen molar-refractivity contribution in [2.24, 2.45) is 5.92 Å². The molecule has 2 aliphatic rings. The highest BCUT2D eigenvalue weighted by molar-refractivity contribution is 7.98. The first-order valence-electron chi connectivity index (χ1n) is 12.0. The van der Waals surface area contributed by atoms with E-state index >= 15 is 0 Å². The highest BCUT2D eigenvalue weighted by atomic mass is 32.2. The van der Waals surface area contributed by atoms with Crippen molar-refractivity contribution in [1.82, 2.24) is 0 Å². The minimum Gasteiger partial charge on any atom is -0.378 e. The number of nitrogens with one attached hydrogen (secondary N) is 2. The van der Waals surface area contributed by atoms with Crippen LogP contribution in [0.3, 0.4) is 0 Å². The first-order chi connectivity index (χ1) is 16.3. The third kappa shape index (κ3) is 4.39. The predicted octanol–water partition coefficient (Wildman–Crippen LogP) is 7.78. The second kappa shape index (κ2) is 8.99. The van der Waals surface area contributed by atoms with E-state index in [9.17, 15) is 4.79 Å². The number of amides is 1. The van der Waals surface area contributed by atoms with E-state index in [0.29, 0.717) is 17.4 Å². The van der Waals surface area contributed by atoms with Crippen molar-refractivity contribution in [3.63, 3.8) is 0 Å². The Labute approximate surface area is 207 Å². The summed E-state index contributed by atoms with van der Waals surface area (Å²) in [7, 11) is 0. The van der Waals surface area contributed by atoms with E-state index in [1.165, 1.54) is 21.6 Å². The van der Waals surface area contributed by atoms with E-state index in [4.69, 9.17) is 0 Å². The summed E-state index contributed by atoms with van der Waals surface area (Å²) in [4.78, 5) is 14.2. The number of fused-ring (bicyclic) bond motifs is 3. The summed E-state index contributed by atoms with van der Waals surface area (Å²) in [5.74, 6) is 0.752. The van der Waals surface area contributed by atoms with Gasteiger partial charge in [0.05, 0.1) is 6.04 Å². The second-order valence-corrected chi connectivity index (χ2v) is 11.2. The molecule has 0 bridgehead atoms. The van der Waals surface area contributed by atoms with Crippen molar-refractivity contribution in [3.05, 3.63) is 101 Å². The van der Waals surface area contributed by atoms with Gasteiger partial charge in [-0.2, -0.15) is 0 Å². The largest absolute Gasteiger partial charge is 0.378 e. The molecule has 174 valence electrons. The summed E-state index contributed by atoms with van der Waals surface area (Å²) < 4.78 is 0. The maximum absolute atomic E-state index is 12.9. The number of carbonyl (C=O) groups is 1. The summed E-state index contributed by atoms with van der Waals surface area (Å²) in [6, 6.07) is 23.4. The van der Waals surface area contributed by atoms with E-state index < -0.39 is 0 Å². The minimum atomic E-state index is -0.0746. The third-order valence-electron chi connectivity index (χ3n) is 7.11. The Morgan fingerprint density at radius 3 is 2.41 bits per heavy atom. The predicted molar refractivity (Wildman–Crippen MR) is 144 cm³/mol. The highest BCUT2D eigenvalue weighted by Crippen LogP contribution is 2.50. The van der Waals surface area contributed by atoms with E-state index in [2.05, 4.69) is 86.2 Å². The third-order valence-corrected chi connectivity index (χ3v) is 7.85. The topological polar surface area (TPSA) is 41.1 Å². The van der Waals surface area contributed by atoms with Crippen molar-refractivity contribution in [2.45, 2.75) is 49.5 Å². The molecule has 3 nitrogen and oxygen atoms in total. The maximum atomic E-state index is 12.9. The van der Waals surface area contributed by atoms with Gasteiger partial charge in [-0.15, -0.1) is 11.8 Å². The molecule has 0 radical (unpaired) electrons. The van der Waals surface area contributed by atoms with Crippen LogP contribution >= 0.6 is 11.8 Å². The lowest BCUT2D eigenvalue weighted by molar-refractivity contribution is 0.102. The standard InChI is InChI=1S/C30H32N2OS/c1-30(2,3)21-12-8-20(9-13-21)29(33)31-22-14-17-27-26(18-22)24-6-5-7-25(24)28(32-27)19-10-15-23(34-4)16-11-19/h5-6,8-18,24-25,28,32H,7H2,1-4H3,(H,31,33). The first-order valence-corrected chi connectivity index (χ1v) is 13.2. The van der Waals surface area contributed by atoms with Crippen LogP contribution in [-0.4, -0.2) is 12.2 Å². The average molecular weight is 469 g/mol. The monoisotopic (exact) mass is 468 g/mol. The van der Waals surface area contributed by atoms with Crippen LogP contribution in [0.5, 0.6) is 0 Å². The van der Waals surface area contributed by atoms with Gasteiger partial charge in [0.25, 0.3) is 5.91 Å². The molecule has 34 heavy (non-hydrogen) atoms. The number of anilines is 2. The smallest absolute Gasteiger partial charge is 0.255 e. The highest BCUT2D eigenvalue weighted by Gasteiger charge is 2.38. The molecule has 5 rings (SSSR count). The van der Waals surface area contributed by atoms with E-state index in [-0.39, 0.29) is 17.4 Å². The van der Waals surface area contributed by atoms with Gasteiger partial charge in [-0.25, -0.2) is 0 Å². The summed E-state index contributed by atoms with van der Waals surface area (Å²) in [6.07, 6.45) is 7.81. The summed E-state index contributed by atoms with van der Waals surface area (Å²) in [6.45, 7) is 6.54. The Morgan fingerprint density at radius 2 is 1.74 bits per heavy atom. The SMILES string of the molecule is CSc1ccc(C2Nc3ccc(NC(=O)c4ccc(C(C)(C)C)cc4)cc3C3C=CCC32)cc1. The molecular weight excluding hydrogens is 436 g/mol. The van der Waals surface area contributed by atoms with E-state index in [1.54, 1.807) is 11.8 Å². The molecule has 0 aromatic heterocycles. The Kier molecular flexibility index (Phi) is 6.03. The van der Waals surface area contributed by atoms with Crippen LogP contribution in [0.4, 0.5) is 11.4 Å². The zero-order chi connectivity index (χ0) is 23.9. The average Bonchev–Trinajstić information content (AvgIpc) is 3.34. The molecule has 0 spiro atoms. The van der Waals surface area contributed by atoms with Gasteiger partial charge in [-0.1, -0.05) is 57.2 Å². The molecule has 1 heterocycles. The zero-order valence-electron chi connectivity index (χ0n) is 20.3. The number of rotatable bonds is 4. The normalized spacial score (nSPS) is 20.9. The number of hydrogen-bond acceptors (Lipinski definition) is 3. The summed E-state index contributed by atoms with van der Waals surface area (Å²) >= 11 is 1.77. The molecule has 0 saturated carbocycles. The van der Waals surface area contributed by atoms with Gasteiger partial charge in [0.1, 0.15) is 0 Å². The Morgan fingerprint density at radius 1 is 1.00 bits per heavy atom. The number of allylic oxidation sites excluding steroid dienone is 2. The van der Waals surface area contributed by atoms with Crippen LogP contribution in [-0.2, 0) is 5.41 Å². The van der Waals surface area contributed by atoms with Gasteiger partial charge in [-0.3, -0.25) is 4.79 Å². The quantitative estimate of drug-likeness (QED) is 0.303. The van der Waals surface area contributed by atoms with Gasteiger partial charge in [0.2, 0.25) is 0 Å². The molecule has 3 atom stereocenters. The van der Waals surface area contributed by atoms with Crippen LogP contribution in [0.1, 0.15) is 66.2 Å². The number of carbonyl (C=O) groups excluding carboxylic acids is 1. The first kappa shape index (κ1) is 22.8. The molecule has 4 heteroatoms. The molecule has 1 aliphatic carbocycles. The minimum absolute atomic E-state index is 0.0701. The van der Waals surface area contributed by atoms with Crippen LogP contribution in [0.25, 0.3) is 0 Å².